The summed E-state index contributed by atoms with van der Waals surface area (Å²) in [5.74, 6) is -0.927. The maximum Gasteiger partial charge on any atom is 0.308 e. The fourth-order valence-electron chi connectivity index (χ4n) is 0.405. The van der Waals surface area contributed by atoms with E-state index >= 15 is 0 Å². The Labute approximate surface area is 81.8 Å². The molecule has 0 saturated carbocycles. The van der Waals surface area contributed by atoms with Crippen molar-refractivity contribution in [2.45, 2.75) is 12.7 Å². The van der Waals surface area contributed by atoms with Crippen LogP contribution < -0.4 is 0 Å². The molecule has 0 spiro atoms. The van der Waals surface area contributed by atoms with Crippen molar-refractivity contribution in [3.63, 3.8) is 0 Å². The zero-order valence-corrected chi connectivity index (χ0v) is 8.46. The van der Waals surface area contributed by atoms with Crippen LogP contribution in [0.3, 0.4) is 0 Å². The third-order valence-corrected chi connectivity index (χ3v) is 0.867. The van der Waals surface area contributed by atoms with E-state index in [9.17, 15) is 4.79 Å². The maximum atomic E-state index is 9.97. The predicted octanol–water partition coefficient (Wildman–Crippen LogP) is -0.301. The summed E-state index contributed by atoms with van der Waals surface area (Å²) in [5.41, 5.74) is 0. The van der Waals surface area contributed by atoms with Crippen LogP contribution in [0.5, 0.6) is 0 Å². The Hall–Kier alpha value is 0.390. The largest absolute Gasteiger partial charge is 0.481 e. The summed E-state index contributed by atoms with van der Waals surface area (Å²) in [5, 5.41) is 8.19. The van der Waals surface area contributed by atoms with Crippen molar-refractivity contribution in [2.24, 2.45) is 0 Å². The normalized spacial score (nSPS) is 9.10. The number of hydrogen-bond donors (Lipinski definition) is 1. The van der Waals surface area contributed by atoms with Gasteiger partial charge in [0.25, 0.3) is 0 Å². The van der Waals surface area contributed by atoms with Crippen molar-refractivity contribution in [1.82, 2.24) is 0 Å². The Balaban J connectivity index is 0. The average Bonchev–Trinajstić information content (AvgIpc) is 1.82. The van der Waals surface area contributed by atoms with Crippen LogP contribution in [0.25, 0.3) is 0 Å². The number of rotatable bonds is 4. The summed E-state index contributed by atoms with van der Waals surface area (Å²) in [4.78, 5) is 9.97. The van der Waals surface area contributed by atoms with Crippen molar-refractivity contribution >= 4 is 35.5 Å². The Morgan fingerprint density at radius 3 is 2.00 bits per heavy atom. The molecule has 0 rings (SSSR count). The quantitative estimate of drug-likeness (QED) is 0.449. The Morgan fingerprint density at radius 2 is 1.90 bits per heavy atom. The first-order valence-electron chi connectivity index (χ1n) is 2.48. The van der Waals surface area contributed by atoms with E-state index in [1.807, 2.05) is 0 Å². The molecule has 5 heteroatoms. The Bertz CT molecular complexity index is 91.6. The fourth-order valence-corrected chi connectivity index (χ4v) is 0.405. The molecule has 0 atom stereocenters. The Morgan fingerprint density at radius 1 is 1.50 bits per heavy atom. The first-order valence-corrected chi connectivity index (χ1v) is 2.48. The second-order valence-electron chi connectivity index (χ2n) is 1.50. The number of ether oxygens (including phenoxy) is 2. The van der Waals surface area contributed by atoms with Crippen LogP contribution in [0, 0.1) is 0 Å². The van der Waals surface area contributed by atoms with Gasteiger partial charge in [-0.3, -0.25) is 4.79 Å². The third-order valence-electron chi connectivity index (χ3n) is 0.867. The van der Waals surface area contributed by atoms with E-state index in [0.717, 1.165) is 0 Å². The van der Waals surface area contributed by atoms with E-state index in [1.165, 1.54) is 14.2 Å². The number of carbonyl (C=O) groups is 1. The van der Waals surface area contributed by atoms with Gasteiger partial charge in [-0.1, -0.05) is 0 Å². The first kappa shape index (κ1) is 13.0. The van der Waals surface area contributed by atoms with Crippen molar-refractivity contribution < 1.29 is 19.4 Å². The van der Waals surface area contributed by atoms with Gasteiger partial charge in [-0.05, 0) is 0 Å². The molecule has 55 valence electrons. The molecule has 0 aromatic rings. The van der Waals surface area contributed by atoms with Crippen molar-refractivity contribution in [3.8, 4) is 0 Å². The van der Waals surface area contributed by atoms with E-state index in [1.54, 1.807) is 0 Å². The molecule has 1 radical (unpaired) electrons. The third kappa shape index (κ3) is 6.51. The maximum absolute atomic E-state index is 9.97. The minimum absolute atomic E-state index is 0. The molecule has 0 heterocycles. The topological polar surface area (TPSA) is 55.8 Å². The summed E-state index contributed by atoms with van der Waals surface area (Å²) in [6.07, 6.45) is -0.741. The second kappa shape index (κ2) is 7.50. The zero-order chi connectivity index (χ0) is 7.28. The zero-order valence-electron chi connectivity index (χ0n) is 6.46. The van der Waals surface area contributed by atoms with Crippen LogP contribution in [0.1, 0.15) is 6.42 Å². The van der Waals surface area contributed by atoms with Crippen molar-refractivity contribution in [3.05, 3.63) is 0 Å². The Kier molecular flexibility index (Phi) is 9.76. The van der Waals surface area contributed by atoms with Crippen LogP contribution in [0.2, 0.25) is 0 Å². The summed E-state index contributed by atoms with van der Waals surface area (Å²) < 4.78 is 9.21. The smallest absolute Gasteiger partial charge is 0.308 e. The minimum Gasteiger partial charge on any atom is -0.481 e. The van der Waals surface area contributed by atoms with Crippen LogP contribution in [-0.4, -0.2) is 61.1 Å². The molecule has 0 bridgehead atoms. The first-order chi connectivity index (χ1) is 4.20. The summed E-state index contributed by atoms with van der Waals surface area (Å²) in [6, 6.07) is 0. The number of hydrogen-bond acceptors (Lipinski definition) is 3. The molecule has 0 fully saturated rings. The van der Waals surface area contributed by atoms with Gasteiger partial charge in [-0.25, -0.2) is 0 Å². The van der Waals surface area contributed by atoms with E-state index in [-0.39, 0.29) is 36.0 Å². The molecule has 0 aromatic heterocycles. The number of carboxylic acid groups (broad SMARTS) is 1. The molecule has 0 aromatic carbocycles. The average molecular weight is 157 g/mol. The van der Waals surface area contributed by atoms with Crippen LogP contribution in [0.15, 0.2) is 0 Å². The van der Waals surface area contributed by atoms with E-state index < -0.39 is 12.3 Å². The monoisotopic (exact) mass is 157 g/mol. The van der Waals surface area contributed by atoms with Gasteiger partial charge in [0.15, 0.2) is 6.29 Å². The SMILES string of the molecule is COC(CC(=O)O)OC.[Na]. The molecule has 0 saturated heterocycles. The molecule has 0 aliphatic rings. The summed E-state index contributed by atoms with van der Waals surface area (Å²) in [7, 11) is 2.80. The van der Waals surface area contributed by atoms with Crippen molar-refractivity contribution in [2.75, 3.05) is 14.2 Å². The van der Waals surface area contributed by atoms with Gasteiger partial charge in [-0.15, -0.1) is 0 Å². The van der Waals surface area contributed by atoms with Crippen LogP contribution in [-0.2, 0) is 14.3 Å². The van der Waals surface area contributed by atoms with E-state index in [4.69, 9.17) is 5.11 Å². The number of carboxylic acids is 1. The summed E-state index contributed by atoms with van der Waals surface area (Å²) >= 11 is 0. The molecule has 10 heavy (non-hydrogen) atoms. The molecular formula is C5H10NaO4. The second-order valence-corrected chi connectivity index (χ2v) is 1.50. The molecule has 0 aliphatic carbocycles. The standard InChI is InChI=1S/C5H10O4.Na/c1-8-5(9-2)3-4(6)7;/h5H,3H2,1-2H3,(H,6,7);. The van der Waals surface area contributed by atoms with Gasteiger partial charge < -0.3 is 14.6 Å². The molecule has 0 amide bonds. The van der Waals surface area contributed by atoms with Gasteiger partial charge in [0, 0.05) is 43.8 Å². The van der Waals surface area contributed by atoms with E-state index in [2.05, 4.69) is 9.47 Å². The summed E-state index contributed by atoms with van der Waals surface area (Å²) in [6.45, 7) is 0. The number of aliphatic carboxylic acids is 1. The predicted molar refractivity (Wildman–Crippen MR) is 35.8 cm³/mol. The van der Waals surface area contributed by atoms with Crippen LogP contribution in [0.4, 0.5) is 0 Å². The van der Waals surface area contributed by atoms with Crippen LogP contribution >= 0.6 is 0 Å². The van der Waals surface area contributed by atoms with E-state index in [0.29, 0.717) is 0 Å². The van der Waals surface area contributed by atoms with Gasteiger partial charge in [0.05, 0.1) is 6.42 Å². The molecule has 1 N–H and O–H groups in total. The minimum atomic E-state index is -0.927. The van der Waals surface area contributed by atoms with Gasteiger partial charge >= 0.3 is 5.97 Å². The molecular weight excluding hydrogens is 147 g/mol. The molecule has 4 nitrogen and oxygen atoms in total. The fraction of sp³-hybridized carbons (Fsp3) is 0.800. The van der Waals surface area contributed by atoms with Gasteiger partial charge in [0.1, 0.15) is 0 Å². The number of methoxy groups -OCH3 is 2. The van der Waals surface area contributed by atoms with Gasteiger partial charge in [-0.2, -0.15) is 0 Å². The van der Waals surface area contributed by atoms with Crippen molar-refractivity contribution in [1.29, 1.82) is 0 Å². The molecule has 0 aliphatic heterocycles. The van der Waals surface area contributed by atoms with Gasteiger partial charge in [0.2, 0.25) is 0 Å². The molecule has 0 unspecified atom stereocenters.